The Labute approximate surface area is 262 Å². The van der Waals surface area contributed by atoms with E-state index in [1.807, 2.05) is 20.8 Å². The third-order valence-electron chi connectivity index (χ3n) is 7.59. The molecule has 0 amide bonds. The van der Waals surface area contributed by atoms with E-state index in [1.54, 1.807) is 6.07 Å². The van der Waals surface area contributed by atoms with Crippen LogP contribution in [0.3, 0.4) is 0 Å². The first-order valence-corrected chi connectivity index (χ1v) is 15.2. The van der Waals surface area contributed by atoms with Crippen LogP contribution in [-0.2, 0) is 17.0 Å². The van der Waals surface area contributed by atoms with E-state index >= 15 is 0 Å². The van der Waals surface area contributed by atoms with Crippen LogP contribution >= 0.6 is 0 Å². The molecule has 0 bridgehead atoms. The van der Waals surface area contributed by atoms with Gasteiger partial charge in [-0.25, -0.2) is 0 Å². The third-order valence-corrected chi connectivity index (χ3v) is 7.59. The summed E-state index contributed by atoms with van der Waals surface area (Å²) in [4.78, 5) is 3.29. The number of rotatable bonds is 2. The lowest BCUT2D eigenvalue weighted by molar-refractivity contribution is -0.137. The Kier molecular flexibility index (Phi) is 10.9. The van der Waals surface area contributed by atoms with Gasteiger partial charge < -0.3 is 4.98 Å². The average molecular weight is 600 g/mol. The summed E-state index contributed by atoms with van der Waals surface area (Å²) in [6.07, 6.45) is -2.13. The number of nitrogens with one attached hydrogen (secondary N) is 1. The SMILES string of the molecule is CC(C)(C)C(c1ccccc1)c1ccccc1.CC(C)(C)c1c[nH]c2ccccc12.CC(C)(C)c1cccc(C(F)(F)F)c1. The van der Waals surface area contributed by atoms with Crippen LogP contribution in [0.15, 0.2) is 115 Å². The second-order valence-corrected chi connectivity index (χ2v) is 14.4. The molecule has 0 atom stereocenters. The molecule has 0 spiro atoms. The van der Waals surface area contributed by atoms with E-state index in [-0.39, 0.29) is 16.2 Å². The number of fused-ring (bicyclic) bond motifs is 1. The van der Waals surface area contributed by atoms with E-state index in [1.165, 1.54) is 39.7 Å². The van der Waals surface area contributed by atoms with Gasteiger partial charge in [-0.1, -0.05) is 159 Å². The van der Waals surface area contributed by atoms with Gasteiger partial charge in [0, 0.05) is 23.0 Å². The normalized spacial score (nSPS) is 12.3. The Morgan fingerprint density at radius 3 is 1.45 bits per heavy atom. The van der Waals surface area contributed by atoms with Crippen LogP contribution in [0.25, 0.3) is 10.9 Å². The molecule has 4 aromatic carbocycles. The molecule has 0 aliphatic heterocycles. The van der Waals surface area contributed by atoms with Gasteiger partial charge in [-0.05, 0) is 50.6 Å². The fraction of sp³-hybridized carbons (Fsp3) is 0.350. The molecule has 0 unspecified atom stereocenters. The number of alkyl halides is 3. The van der Waals surface area contributed by atoms with Gasteiger partial charge in [-0.3, -0.25) is 0 Å². The molecule has 0 aliphatic rings. The van der Waals surface area contributed by atoms with Gasteiger partial charge in [-0.2, -0.15) is 13.2 Å². The minimum absolute atomic E-state index is 0.222. The van der Waals surface area contributed by atoms with Crippen LogP contribution in [0.5, 0.6) is 0 Å². The minimum atomic E-state index is -4.25. The minimum Gasteiger partial charge on any atom is -0.361 e. The van der Waals surface area contributed by atoms with Gasteiger partial charge >= 0.3 is 6.18 Å². The van der Waals surface area contributed by atoms with Gasteiger partial charge in [0.25, 0.3) is 0 Å². The Morgan fingerprint density at radius 1 is 0.523 bits per heavy atom. The summed E-state index contributed by atoms with van der Waals surface area (Å²) in [5.41, 5.74) is 5.73. The molecule has 5 rings (SSSR count). The van der Waals surface area contributed by atoms with Crippen molar-refractivity contribution in [2.75, 3.05) is 0 Å². The Morgan fingerprint density at radius 2 is 1.00 bits per heavy atom. The lowest BCUT2D eigenvalue weighted by Crippen LogP contribution is -2.19. The number of para-hydroxylation sites is 1. The number of hydrogen-bond acceptors (Lipinski definition) is 0. The number of H-pyrrole nitrogens is 1. The quantitative estimate of drug-likeness (QED) is 0.208. The summed E-state index contributed by atoms with van der Waals surface area (Å²) in [7, 11) is 0. The number of hydrogen-bond donors (Lipinski definition) is 1. The van der Waals surface area contributed by atoms with Crippen molar-refractivity contribution in [3.63, 3.8) is 0 Å². The van der Waals surface area contributed by atoms with Gasteiger partial charge in [-0.15, -0.1) is 0 Å². The first-order valence-electron chi connectivity index (χ1n) is 15.2. The van der Waals surface area contributed by atoms with Crippen molar-refractivity contribution < 1.29 is 13.2 Å². The number of aromatic nitrogens is 1. The summed E-state index contributed by atoms with van der Waals surface area (Å²) in [5.74, 6) is 0.449. The molecular formula is C40H48F3N. The molecule has 1 nitrogen and oxygen atoms in total. The van der Waals surface area contributed by atoms with Crippen molar-refractivity contribution in [3.05, 3.63) is 143 Å². The highest BCUT2D eigenvalue weighted by atomic mass is 19.4. The number of benzene rings is 4. The molecule has 0 aliphatic carbocycles. The van der Waals surface area contributed by atoms with E-state index in [0.29, 0.717) is 11.5 Å². The first-order chi connectivity index (χ1) is 20.4. The molecule has 4 heteroatoms. The molecule has 0 saturated heterocycles. The summed E-state index contributed by atoms with van der Waals surface area (Å²) >= 11 is 0. The zero-order valence-electron chi connectivity index (χ0n) is 27.7. The highest BCUT2D eigenvalue weighted by Gasteiger charge is 2.31. The number of aromatic amines is 1. The van der Waals surface area contributed by atoms with Gasteiger partial charge in [0.05, 0.1) is 5.56 Å². The summed E-state index contributed by atoms with van der Waals surface area (Å²) in [6, 6.07) is 35.4. The molecule has 0 saturated carbocycles. The summed E-state index contributed by atoms with van der Waals surface area (Å²) < 4.78 is 37.1. The van der Waals surface area contributed by atoms with Crippen LogP contribution in [0.1, 0.15) is 96.0 Å². The molecule has 1 heterocycles. The van der Waals surface area contributed by atoms with Crippen molar-refractivity contribution >= 4 is 10.9 Å². The predicted molar refractivity (Wildman–Crippen MR) is 181 cm³/mol. The van der Waals surface area contributed by atoms with Crippen LogP contribution in [0.2, 0.25) is 0 Å². The van der Waals surface area contributed by atoms with Crippen LogP contribution in [0, 0.1) is 5.41 Å². The zero-order valence-corrected chi connectivity index (χ0v) is 27.7. The second kappa shape index (κ2) is 13.9. The molecule has 1 aromatic heterocycles. The van der Waals surface area contributed by atoms with Crippen molar-refractivity contribution in [2.24, 2.45) is 5.41 Å². The fourth-order valence-corrected chi connectivity index (χ4v) is 5.34. The molecule has 44 heavy (non-hydrogen) atoms. The summed E-state index contributed by atoms with van der Waals surface area (Å²) in [6.45, 7) is 19.3. The maximum Gasteiger partial charge on any atom is 0.416 e. The second-order valence-electron chi connectivity index (χ2n) is 14.4. The van der Waals surface area contributed by atoms with Crippen molar-refractivity contribution in [1.29, 1.82) is 0 Å². The first kappa shape index (κ1) is 34.7. The van der Waals surface area contributed by atoms with E-state index in [9.17, 15) is 13.2 Å². The Hall–Kier alpha value is -3.79. The van der Waals surface area contributed by atoms with Crippen LogP contribution < -0.4 is 0 Å². The largest absolute Gasteiger partial charge is 0.416 e. The topological polar surface area (TPSA) is 15.8 Å². The van der Waals surface area contributed by atoms with Gasteiger partial charge in [0.2, 0.25) is 0 Å². The maximum absolute atomic E-state index is 12.4. The predicted octanol–water partition coefficient (Wildman–Crippen LogP) is 12.3. The van der Waals surface area contributed by atoms with Gasteiger partial charge in [0.15, 0.2) is 0 Å². The van der Waals surface area contributed by atoms with Crippen molar-refractivity contribution in [3.8, 4) is 0 Å². The Balaban J connectivity index is 0.000000182. The fourth-order valence-electron chi connectivity index (χ4n) is 5.34. The monoisotopic (exact) mass is 599 g/mol. The average Bonchev–Trinajstić information content (AvgIpc) is 3.39. The lowest BCUT2D eigenvalue weighted by atomic mass is 9.73. The maximum atomic E-state index is 12.4. The Bertz CT molecular complexity index is 1510. The highest BCUT2D eigenvalue weighted by Crippen LogP contribution is 2.40. The molecule has 234 valence electrons. The lowest BCUT2D eigenvalue weighted by Gasteiger charge is -2.31. The van der Waals surface area contributed by atoms with Crippen LogP contribution in [-0.4, -0.2) is 4.98 Å². The zero-order chi connectivity index (χ0) is 32.8. The van der Waals surface area contributed by atoms with Gasteiger partial charge in [0.1, 0.15) is 0 Å². The van der Waals surface area contributed by atoms with Crippen molar-refractivity contribution in [2.45, 2.75) is 85.2 Å². The van der Waals surface area contributed by atoms with E-state index in [0.717, 1.165) is 6.07 Å². The molecule has 0 radical (unpaired) electrons. The van der Waals surface area contributed by atoms with E-state index in [4.69, 9.17) is 0 Å². The molecule has 1 N–H and O–H groups in total. The summed E-state index contributed by atoms with van der Waals surface area (Å²) in [5, 5.41) is 1.34. The molecule has 5 aromatic rings. The van der Waals surface area contributed by atoms with E-state index < -0.39 is 11.7 Å². The molecule has 0 fully saturated rings. The third kappa shape index (κ3) is 9.61. The highest BCUT2D eigenvalue weighted by molar-refractivity contribution is 5.84. The van der Waals surface area contributed by atoms with E-state index in [2.05, 4.69) is 138 Å². The standard InChI is InChI=1S/C17H20.C12H15N.C11H13F3/c1-17(2,3)16(14-10-6-4-7-11-14)15-12-8-5-9-13-15;1-12(2,3)10-8-13-11-7-5-4-6-9(10)11;1-10(2,3)8-5-4-6-9(7-8)11(12,13)14/h4-13,16H,1-3H3;4-8,13H,1-3H3;4-7H,1-3H3. The van der Waals surface area contributed by atoms with Crippen molar-refractivity contribution in [1.82, 2.24) is 4.98 Å². The smallest absolute Gasteiger partial charge is 0.361 e. The van der Waals surface area contributed by atoms with Crippen LogP contribution in [0.4, 0.5) is 13.2 Å². The number of halogens is 3. The molecular weight excluding hydrogens is 551 g/mol.